The number of rotatable bonds is 20. The number of carbonyl (C=O) groups is 10. The van der Waals surface area contributed by atoms with Gasteiger partial charge in [-0.05, 0) is 135 Å². The molecule has 0 aliphatic carbocycles. The van der Waals surface area contributed by atoms with Crippen molar-refractivity contribution in [3.63, 3.8) is 0 Å². The highest BCUT2D eigenvalue weighted by Crippen LogP contribution is 2.35. The highest BCUT2D eigenvalue weighted by molar-refractivity contribution is 7.89. The normalized spacial score (nSPS) is 13.8. The molecule has 0 saturated carbocycles. The number of nitrogens with zero attached hydrogens (tertiary/aromatic N) is 8. The minimum absolute atomic E-state index is 0.105. The van der Waals surface area contributed by atoms with Gasteiger partial charge in [0.1, 0.15) is 0 Å². The van der Waals surface area contributed by atoms with Crippen LogP contribution in [0.5, 0.6) is 0 Å². The summed E-state index contributed by atoms with van der Waals surface area (Å²) < 4.78 is 58.3. The Kier molecular flexibility index (Phi) is 28.2. The lowest BCUT2D eigenvalue weighted by Crippen LogP contribution is -2.56. The number of benzene rings is 9. The molecular formula is C94H85N17O15S2. The molecule has 3 fully saturated rings. The summed E-state index contributed by atoms with van der Waals surface area (Å²) in [5, 5.41) is 17.6. The lowest BCUT2D eigenvalue weighted by atomic mass is 9.97. The summed E-state index contributed by atoms with van der Waals surface area (Å²) in [7, 11) is -7.98. The first-order valence-corrected chi connectivity index (χ1v) is 43.4. The molecule has 0 radical (unpaired) electrons. The minimum atomic E-state index is -4.36. The van der Waals surface area contributed by atoms with E-state index in [-0.39, 0.29) is 50.7 Å². The number of anilines is 6. The van der Waals surface area contributed by atoms with Crippen LogP contribution < -0.4 is 31.9 Å². The Morgan fingerprint density at radius 3 is 1.11 bits per heavy atom. The molecule has 15 rings (SSSR count). The average Bonchev–Trinajstić information content (AvgIpc) is 1.68. The number of amides is 10. The van der Waals surface area contributed by atoms with E-state index in [0.29, 0.717) is 162 Å². The van der Waals surface area contributed by atoms with Crippen molar-refractivity contribution in [3.05, 3.63) is 316 Å². The molecule has 648 valence electrons. The first-order chi connectivity index (χ1) is 61.7. The fourth-order valence-corrected chi connectivity index (χ4v) is 17.2. The van der Waals surface area contributed by atoms with Crippen LogP contribution in [0.1, 0.15) is 99.0 Å². The maximum atomic E-state index is 13.3. The van der Waals surface area contributed by atoms with Crippen LogP contribution in [0.2, 0.25) is 0 Å². The van der Waals surface area contributed by atoms with E-state index in [2.05, 4.69) is 61.4 Å². The summed E-state index contributed by atoms with van der Waals surface area (Å²) in [5.41, 5.74) is 10.2. The van der Waals surface area contributed by atoms with Gasteiger partial charge in [-0.3, -0.25) is 38.1 Å². The van der Waals surface area contributed by atoms with Gasteiger partial charge in [0.2, 0.25) is 10.0 Å². The maximum Gasteiger partial charge on any atom is 0.323 e. The predicted octanol–water partition coefficient (Wildman–Crippen LogP) is 16.1. The number of urea groups is 3. The average molecular weight is 1760 g/mol. The van der Waals surface area contributed by atoms with Crippen LogP contribution in [0.15, 0.2) is 258 Å². The summed E-state index contributed by atoms with van der Waals surface area (Å²) in [4.78, 5) is 156. The standard InChI is InChI=1S/C34H34N6O5S.C30H26N6O4.C30H25N5O6S/c1-4-40(5-2)46(44,45)26-16-14-25(15-17-26)37-34(43)38-29-13-9-12-27-28(22-36-31(27)29)32(41)33(42)39-20-18-24(19-21-39)30(35-3)23-10-7-6-8-11-23;1-19-18-35(28(38)20-7-4-3-5-8-20)15-16-36(19)29(39)27(37)24-17-32-26-23(24)9-6-10-25(26)34-30(40)33-22-13-11-21(31-2)12-14-22;1-31-26(19-6-3-2-4-7-19)20-14-16-35(17-15-20)29(37)28(36)24-18-32-27-23(24)8-5-9-25(27)34-30(38)33-21-10-12-22(13-11-21)42(39,40)41/h6-17,22,36H,4-5,18-21H2,1-2H3,(H2,37,38,43);3-14,17,19,32H,15-16,18H2,1H3,(H2,33,34,40);2-13,18,32H,14-17H2,(H2,33,34,38)(H,39,40,41)/t;19-;/m.1./s1. The van der Waals surface area contributed by atoms with E-state index < -0.39 is 73.3 Å². The van der Waals surface area contributed by atoms with E-state index in [1.165, 1.54) is 74.0 Å². The van der Waals surface area contributed by atoms with Crippen LogP contribution >= 0.6 is 0 Å². The van der Waals surface area contributed by atoms with Crippen molar-refractivity contribution in [2.45, 2.75) is 62.3 Å². The molecule has 0 spiro atoms. The predicted molar refractivity (Wildman–Crippen MR) is 486 cm³/mol. The van der Waals surface area contributed by atoms with Gasteiger partial charge in [-0.1, -0.05) is 152 Å². The zero-order chi connectivity index (χ0) is 90.9. The van der Waals surface area contributed by atoms with Crippen molar-refractivity contribution in [2.75, 3.05) is 90.8 Å². The SMILES string of the molecule is [C-]#[N+]C(=C1CCN(C(=O)C(=O)c2c[nH]c3c(NC(=O)Nc4ccc(S(=O)(=O)N(CC)CC)cc4)cccc23)CC1)c1ccccc1.[C-]#[N+]C(=C1CCN(C(=O)C(=O)c2c[nH]c3c(NC(=O)Nc4ccc(S(=O)(=O)O)cc4)cccc23)CC1)c1ccccc1.[C-]#[N+]c1ccc(NC(=O)Nc2cccc3c(C(=O)C(=O)N4CCN(C(=O)c5ccccc5)C[C@H]4C)c[nH]c23)cc1. The topological polar surface area (TPSA) is 408 Å². The van der Waals surface area contributed by atoms with Gasteiger partial charge in [0.25, 0.3) is 51.1 Å². The van der Waals surface area contributed by atoms with Crippen molar-refractivity contribution in [2.24, 2.45) is 0 Å². The molecule has 3 aliphatic heterocycles. The molecule has 6 heterocycles. The third kappa shape index (κ3) is 20.6. The molecule has 3 aliphatic rings. The van der Waals surface area contributed by atoms with Gasteiger partial charge in [-0.15, -0.1) is 0 Å². The van der Waals surface area contributed by atoms with Gasteiger partial charge in [-0.2, -0.15) is 12.7 Å². The first kappa shape index (κ1) is 89.8. The number of hydrogen-bond acceptors (Lipinski definition) is 14. The smallest absolute Gasteiger partial charge is 0.323 e. The molecule has 0 unspecified atom stereocenters. The second-order valence-electron chi connectivity index (χ2n) is 29.7. The number of Topliss-reactive ketones (excluding diaryl/α,β-unsaturated/α-hetero) is 3. The summed E-state index contributed by atoms with van der Waals surface area (Å²) in [6.45, 7) is 30.6. The Morgan fingerprint density at radius 1 is 0.414 bits per heavy atom. The van der Waals surface area contributed by atoms with Crippen LogP contribution in [0.3, 0.4) is 0 Å². The molecule has 3 aromatic heterocycles. The molecule has 10 amide bonds. The molecule has 128 heavy (non-hydrogen) atoms. The van der Waals surface area contributed by atoms with E-state index in [0.717, 1.165) is 34.4 Å². The second-order valence-corrected chi connectivity index (χ2v) is 33.1. The molecule has 0 bridgehead atoms. The van der Waals surface area contributed by atoms with Crippen molar-refractivity contribution in [1.29, 1.82) is 0 Å². The number of nitrogens with one attached hydrogen (secondary N) is 9. The monoisotopic (exact) mass is 1760 g/mol. The third-order valence-electron chi connectivity index (χ3n) is 21.8. The van der Waals surface area contributed by atoms with Crippen molar-refractivity contribution >= 4 is 163 Å². The lowest BCUT2D eigenvalue weighted by molar-refractivity contribution is -0.130. The Bertz CT molecular complexity index is 6730. The number of carbonyl (C=O) groups excluding carboxylic acids is 10. The van der Waals surface area contributed by atoms with Crippen molar-refractivity contribution in [1.82, 2.24) is 38.9 Å². The first-order valence-electron chi connectivity index (χ1n) is 40.5. The molecular weight excluding hydrogens is 1670 g/mol. The zero-order valence-corrected chi connectivity index (χ0v) is 71.0. The van der Waals surface area contributed by atoms with Crippen LogP contribution in [0.4, 0.5) is 54.2 Å². The lowest BCUT2D eigenvalue weighted by Gasteiger charge is -2.39. The number of aromatic amines is 3. The van der Waals surface area contributed by atoms with E-state index in [1.807, 2.05) is 73.7 Å². The fourth-order valence-electron chi connectivity index (χ4n) is 15.2. The number of piperidine rings is 2. The Balaban J connectivity index is 0.000000164. The van der Waals surface area contributed by atoms with Gasteiger partial charge < -0.3 is 66.5 Å². The summed E-state index contributed by atoms with van der Waals surface area (Å²) in [6, 6.07) is 58.1. The fraction of sp³-hybridized carbons (Fsp3) is 0.181. The maximum absolute atomic E-state index is 13.3. The molecule has 1 atom stereocenters. The van der Waals surface area contributed by atoms with E-state index in [1.54, 1.807) is 122 Å². The van der Waals surface area contributed by atoms with Crippen LogP contribution in [-0.4, -0.2) is 184 Å². The van der Waals surface area contributed by atoms with E-state index in [9.17, 15) is 64.8 Å². The van der Waals surface area contributed by atoms with E-state index in [4.69, 9.17) is 24.3 Å². The van der Waals surface area contributed by atoms with Gasteiger partial charge in [0.05, 0.1) is 79.8 Å². The number of aromatic nitrogens is 3. The Labute approximate surface area is 735 Å². The van der Waals surface area contributed by atoms with Gasteiger partial charge >= 0.3 is 18.1 Å². The van der Waals surface area contributed by atoms with Gasteiger partial charge in [0, 0.05) is 122 Å². The molecule has 12 aromatic rings. The Hall–Kier alpha value is -15.9. The number of fused-ring (bicyclic) bond motifs is 3. The zero-order valence-electron chi connectivity index (χ0n) is 69.3. The number of sulfonamides is 1. The van der Waals surface area contributed by atoms with Gasteiger partial charge in [-0.25, -0.2) is 37.3 Å². The van der Waals surface area contributed by atoms with Crippen molar-refractivity contribution in [3.8, 4) is 0 Å². The van der Waals surface area contributed by atoms with E-state index >= 15 is 0 Å². The quantitative estimate of drug-likeness (QED) is 0.0147. The second kappa shape index (κ2) is 40.2. The minimum Gasteiger partial charge on any atom is -0.359 e. The summed E-state index contributed by atoms with van der Waals surface area (Å²) in [6.07, 6.45) is 6.39. The summed E-state index contributed by atoms with van der Waals surface area (Å²) in [5.74, 6) is -4.00. The Morgan fingerprint density at radius 2 is 0.766 bits per heavy atom. The molecule has 34 heteroatoms. The van der Waals surface area contributed by atoms with Crippen LogP contribution in [0.25, 0.3) is 58.6 Å². The molecule has 10 N–H and O–H groups in total. The van der Waals surface area contributed by atoms with Crippen molar-refractivity contribution < 1.29 is 69.3 Å². The molecule has 32 nitrogen and oxygen atoms in total. The highest BCUT2D eigenvalue weighted by Gasteiger charge is 2.36. The molecule has 9 aromatic carbocycles. The summed E-state index contributed by atoms with van der Waals surface area (Å²) >= 11 is 0. The highest BCUT2D eigenvalue weighted by atomic mass is 32.2. The number of likely N-dealkylation sites (tertiary alicyclic amines) is 2. The van der Waals surface area contributed by atoms with Crippen LogP contribution in [-0.2, 0) is 34.5 Å². The number of hydrogen-bond donors (Lipinski definition) is 10. The third-order valence-corrected chi connectivity index (χ3v) is 24.8. The number of H-pyrrole nitrogens is 3. The number of ketones is 3. The molecule has 3 saturated heterocycles. The number of piperazine rings is 1. The number of para-hydroxylation sites is 3. The van der Waals surface area contributed by atoms with Gasteiger partial charge in [0.15, 0.2) is 17.1 Å². The van der Waals surface area contributed by atoms with Crippen LogP contribution in [0, 0.1) is 19.7 Å². The largest absolute Gasteiger partial charge is 0.359 e.